The van der Waals surface area contributed by atoms with Crippen molar-refractivity contribution in [3.05, 3.63) is 47.4 Å². The SMILES string of the molecule is ClC1(c2ccccc2)CC=CS1. The van der Waals surface area contributed by atoms with Crippen LogP contribution in [0.25, 0.3) is 0 Å². The lowest BCUT2D eigenvalue weighted by atomic mass is 10.1. The number of benzene rings is 1. The first-order valence-corrected chi connectivity index (χ1v) is 5.14. The lowest BCUT2D eigenvalue weighted by Crippen LogP contribution is -2.08. The maximum Gasteiger partial charge on any atom is 0.122 e. The molecule has 1 aliphatic heterocycles. The maximum absolute atomic E-state index is 6.40. The minimum atomic E-state index is -0.235. The van der Waals surface area contributed by atoms with Gasteiger partial charge in [0, 0.05) is 0 Å². The molecule has 2 heteroatoms. The molecule has 1 heterocycles. The van der Waals surface area contributed by atoms with E-state index in [0.29, 0.717) is 0 Å². The molecule has 0 N–H and O–H groups in total. The van der Waals surface area contributed by atoms with Crippen molar-refractivity contribution >= 4 is 23.4 Å². The number of hydrogen-bond donors (Lipinski definition) is 0. The van der Waals surface area contributed by atoms with E-state index in [1.807, 2.05) is 18.2 Å². The first-order valence-electron chi connectivity index (χ1n) is 3.88. The molecule has 1 atom stereocenters. The molecule has 0 aromatic heterocycles. The van der Waals surface area contributed by atoms with E-state index < -0.39 is 0 Å². The van der Waals surface area contributed by atoms with Crippen LogP contribution in [0.5, 0.6) is 0 Å². The summed E-state index contributed by atoms with van der Waals surface area (Å²) in [6.07, 6.45) is 3.04. The van der Waals surface area contributed by atoms with Crippen LogP contribution in [0.1, 0.15) is 12.0 Å². The van der Waals surface area contributed by atoms with Gasteiger partial charge in [-0.3, -0.25) is 0 Å². The highest BCUT2D eigenvalue weighted by Gasteiger charge is 2.30. The van der Waals surface area contributed by atoms with Crippen LogP contribution in [0.15, 0.2) is 41.8 Å². The van der Waals surface area contributed by atoms with Crippen LogP contribution in [0.2, 0.25) is 0 Å². The Bertz CT molecular complexity index is 284. The van der Waals surface area contributed by atoms with Crippen LogP contribution in [0, 0.1) is 0 Å². The second-order valence-corrected chi connectivity index (χ2v) is 4.86. The number of alkyl halides is 1. The quantitative estimate of drug-likeness (QED) is 0.617. The van der Waals surface area contributed by atoms with Crippen molar-refractivity contribution in [3.8, 4) is 0 Å². The Labute approximate surface area is 81.6 Å². The van der Waals surface area contributed by atoms with E-state index in [2.05, 4.69) is 23.6 Å². The van der Waals surface area contributed by atoms with Crippen molar-refractivity contribution in [2.45, 2.75) is 10.6 Å². The minimum absolute atomic E-state index is 0.235. The molecule has 0 spiro atoms. The van der Waals surface area contributed by atoms with Gasteiger partial charge < -0.3 is 0 Å². The summed E-state index contributed by atoms with van der Waals surface area (Å²) in [5.41, 5.74) is 1.20. The van der Waals surface area contributed by atoms with E-state index in [0.717, 1.165) is 6.42 Å². The number of rotatable bonds is 1. The van der Waals surface area contributed by atoms with Crippen LogP contribution >= 0.6 is 23.4 Å². The van der Waals surface area contributed by atoms with Gasteiger partial charge in [-0.05, 0) is 17.4 Å². The molecule has 1 aromatic rings. The largest absolute Gasteiger partial charge is 0.122 e. The van der Waals surface area contributed by atoms with Crippen LogP contribution in [0.3, 0.4) is 0 Å². The Kier molecular flexibility index (Phi) is 2.16. The molecule has 0 radical (unpaired) electrons. The molecule has 1 aromatic carbocycles. The summed E-state index contributed by atoms with van der Waals surface area (Å²) in [6, 6.07) is 10.2. The smallest absolute Gasteiger partial charge is 0.106 e. The highest BCUT2D eigenvalue weighted by atomic mass is 35.5. The fourth-order valence-corrected chi connectivity index (χ4v) is 2.52. The molecule has 1 unspecified atom stereocenters. The van der Waals surface area contributed by atoms with Gasteiger partial charge in [-0.2, -0.15) is 0 Å². The van der Waals surface area contributed by atoms with E-state index in [1.54, 1.807) is 11.8 Å². The zero-order valence-corrected chi connectivity index (χ0v) is 8.11. The second kappa shape index (κ2) is 3.15. The van der Waals surface area contributed by atoms with Gasteiger partial charge in [-0.1, -0.05) is 36.4 Å². The Morgan fingerprint density at radius 1 is 1.25 bits per heavy atom. The Morgan fingerprint density at radius 3 is 2.58 bits per heavy atom. The third kappa shape index (κ3) is 1.39. The lowest BCUT2D eigenvalue weighted by Gasteiger charge is -2.19. The Hall–Kier alpha value is -0.400. The molecule has 0 nitrogen and oxygen atoms in total. The average molecular weight is 197 g/mol. The summed E-state index contributed by atoms with van der Waals surface area (Å²) in [7, 11) is 0. The van der Waals surface area contributed by atoms with Crippen molar-refractivity contribution in [1.82, 2.24) is 0 Å². The van der Waals surface area contributed by atoms with Crippen molar-refractivity contribution in [3.63, 3.8) is 0 Å². The predicted molar refractivity (Wildman–Crippen MR) is 55.3 cm³/mol. The van der Waals surface area contributed by atoms with Crippen molar-refractivity contribution in [2.24, 2.45) is 0 Å². The number of allylic oxidation sites excluding steroid dienone is 1. The Morgan fingerprint density at radius 2 is 2.00 bits per heavy atom. The molecular formula is C10H9ClS. The molecule has 0 bridgehead atoms. The Balaban J connectivity index is 2.31. The second-order valence-electron chi connectivity index (χ2n) is 2.79. The summed E-state index contributed by atoms with van der Waals surface area (Å²) in [5.74, 6) is 0. The van der Waals surface area contributed by atoms with E-state index >= 15 is 0 Å². The molecule has 1 aliphatic rings. The van der Waals surface area contributed by atoms with E-state index in [9.17, 15) is 0 Å². The first-order chi connectivity index (χ1) is 5.81. The molecular weight excluding hydrogens is 188 g/mol. The molecule has 0 aliphatic carbocycles. The monoisotopic (exact) mass is 196 g/mol. The molecule has 0 saturated carbocycles. The van der Waals surface area contributed by atoms with E-state index in [-0.39, 0.29) is 4.21 Å². The number of hydrogen-bond acceptors (Lipinski definition) is 1. The highest BCUT2D eigenvalue weighted by molar-refractivity contribution is 8.04. The third-order valence-corrected chi connectivity index (χ3v) is 3.68. The zero-order valence-electron chi connectivity index (χ0n) is 6.53. The first kappa shape index (κ1) is 8.21. The average Bonchev–Trinajstić information content (AvgIpc) is 2.55. The summed E-state index contributed by atoms with van der Waals surface area (Å²) >= 11 is 8.08. The predicted octanol–water partition coefficient (Wildman–Crippen LogP) is 3.73. The van der Waals surface area contributed by atoms with Gasteiger partial charge in [0.2, 0.25) is 0 Å². The number of halogens is 1. The van der Waals surface area contributed by atoms with Crippen molar-refractivity contribution < 1.29 is 0 Å². The number of thioether (sulfide) groups is 1. The zero-order chi connectivity index (χ0) is 8.44. The summed E-state index contributed by atoms with van der Waals surface area (Å²) in [4.78, 5) is 0. The summed E-state index contributed by atoms with van der Waals surface area (Å²) in [6.45, 7) is 0. The molecule has 0 fully saturated rings. The summed E-state index contributed by atoms with van der Waals surface area (Å²) < 4.78 is -0.235. The molecule has 0 amide bonds. The van der Waals surface area contributed by atoms with E-state index in [1.165, 1.54) is 5.56 Å². The topological polar surface area (TPSA) is 0 Å². The molecule has 0 saturated heterocycles. The van der Waals surface area contributed by atoms with Gasteiger partial charge in [-0.25, -0.2) is 0 Å². The van der Waals surface area contributed by atoms with Crippen LogP contribution in [0.4, 0.5) is 0 Å². The fraction of sp³-hybridized carbons (Fsp3) is 0.200. The third-order valence-electron chi connectivity index (χ3n) is 1.94. The lowest BCUT2D eigenvalue weighted by molar-refractivity contribution is 0.899. The van der Waals surface area contributed by atoms with Crippen LogP contribution in [-0.2, 0) is 4.21 Å². The van der Waals surface area contributed by atoms with Crippen molar-refractivity contribution in [1.29, 1.82) is 0 Å². The normalized spacial score (nSPS) is 27.8. The van der Waals surface area contributed by atoms with Gasteiger partial charge in [0.05, 0.1) is 0 Å². The van der Waals surface area contributed by atoms with Gasteiger partial charge in [0.15, 0.2) is 0 Å². The highest BCUT2D eigenvalue weighted by Crippen LogP contribution is 2.48. The summed E-state index contributed by atoms with van der Waals surface area (Å²) in [5, 5.41) is 2.07. The molecule has 12 heavy (non-hydrogen) atoms. The standard InChI is InChI=1S/C10H9ClS/c11-10(7-4-8-12-10)9-5-2-1-3-6-9/h1-6,8H,7H2. The molecule has 62 valence electrons. The van der Waals surface area contributed by atoms with Gasteiger partial charge >= 0.3 is 0 Å². The van der Waals surface area contributed by atoms with Crippen LogP contribution < -0.4 is 0 Å². The van der Waals surface area contributed by atoms with Crippen molar-refractivity contribution in [2.75, 3.05) is 0 Å². The minimum Gasteiger partial charge on any atom is -0.106 e. The van der Waals surface area contributed by atoms with Gasteiger partial charge in [-0.15, -0.1) is 23.4 Å². The van der Waals surface area contributed by atoms with E-state index in [4.69, 9.17) is 11.6 Å². The van der Waals surface area contributed by atoms with Gasteiger partial charge in [0.25, 0.3) is 0 Å². The maximum atomic E-state index is 6.40. The van der Waals surface area contributed by atoms with Gasteiger partial charge in [0.1, 0.15) is 4.21 Å². The molecule has 2 rings (SSSR count). The fourth-order valence-electron chi connectivity index (χ4n) is 1.28. The van der Waals surface area contributed by atoms with Crippen LogP contribution in [-0.4, -0.2) is 0 Å².